The van der Waals surface area contributed by atoms with E-state index in [0.29, 0.717) is 97.6 Å². The molecule has 1 atom stereocenters. The largest absolute Gasteiger partial charge is 0.508 e. The lowest BCUT2D eigenvalue weighted by Gasteiger charge is -2.23. The van der Waals surface area contributed by atoms with Gasteiger partial charge in [-0.2, -0.15) is 0 Å². The van der Waals surface area contributed by atoms with Gasteiger partial charge >= 0.3 is 5.97 Å². The molecule has 0 bridgehead atoms. The zero-order valence-corrected chi connectivity index (χ0v) is 32.2. The van der Waals surface area contributed by atoms with E-state index in [2.05, 4.69) is 11.9 Å². The number of phenolic OH excluding ortho intramolecular Hbond substituents is 1. The molecule has 290 valence electrons. The number of benzene rings is 5. The molecule has 1 aliphatic rings. The van der Waals surface area contributed by atoms with Crippen LogP contribution in [0.5, 0.6) is 23.0 Å². The minimum Gasteiger partial charge on any atom is -0.508 e. The quantitative estimate of drug-likeness (QED) is 0.0654. The minimum absolute atomic E-state index is 0.00174. The van der Waals surface area contributed by atoms with E-state index in [1.54, 1.807) is 66.3 Å². The zero-order chi connectivity index (χ0) is 40.4. The number of aliphatic hydroxyl groups excluding tert-OH is 1. The van der Waals surface area contributed by atoms with E-state index >= 15 is 0 Å². The molecule has 0 aliphatic carbocycles. The van der Waals surface area contributed by atoms with E-state index in [1.807, 2.05) is 31.2 Å². The number of aromatic carboxylic acids is 1. The van der Waals surface area contributed by atoms with Gasteiger partial charge in [-0.05, 0) is 121 Å². The second-order valence-corrected chi connectivity index (χ2v) is 14.5. The van der Waals surface area contributed by atoms with Crippen LogP contribution in [-0.2, 0) is 11.2 Å². The SMILES string of the molecule is C=c1ccc2c(c1)Oc1cc(O)ccc1C=2c1cc(C(O)NCCCCCC(=O)Cc2c(C)n(C(=O)c3ccc(Cl)cc3)c3ccc(OC)cc23)ccc1C(=O)O. The number of hydrogen-bond acceptors (Lipinski definition) is 8. The van der Waals surface area contributed by atoms with E-state index in [9.17, 15) is 29.7 Å². The molecule has 0 saturated carbocycles. The fourth-order valence-corrected chi connectivity index (χ4v) is 7.53. The highest BCUT2D eigenvalue weighted by molar-refractivity contribution is 6.30. The monoisotopic (exact) mass is 784 g/mol. The highest BCUT2D eigenvalue weighted by atomic mass is 35.5. The summed E-state index contributed by atoms with van der Waals surface area (Å²) in [6.07, 6.45) is 1.47. The molecular formula is C46H41ClN2O8. The Hall–Kier alpha value is -6.20. The maximum atomic E-state index is 13.6. The molecule has 1 aromatic heterocycles. The third kappa shape index (κ3) is 8.06. The number of methoxy groups -OCH3 is 1. The number of nitrogens with one attached hydrogen (secondary N) is 1. The van der Waals surface area contributed by atoms with E-state index < -0.39 is 12.2 Å². The number of nitrogens with zero attached hydrogens (tertiary/aromatic N) is 1. The Morgan fingerprint density at radius 1 is 0.895 bits per heavy atom. The molecule has 1 aliphatic heterocycles. The van der Waals surface area contributed by atoms with Gasteiger partial charge < -0.3 is 24.8 Å². The number of aliphatic hydroxyl groups is 1. The summed E-state index contributed by atoms with van der Waals surface area (Å²) in [4.78, 5) is 39.4. The Kier molecular flexibility index (Phi) is 11.3. The molecule has 5 aromatic carbocycles. The summed E-state index contributed by atoms with van der Waals surface area (Å²) in [7, 11) is 1.58. The number of unbranched alkanes of at least 4 members (excludes halogenated alkanes) is 2. The summed E-state index contributed by atoms with van der Waals surface area (Å²) in [6.45, 7) is 6.28. The molecule has 0 radical (unpaired) electrons. The van der Waals surface area contributed by atoms with Gasteiger partial charge in [-0.25, -0.2) is 4.79 Å². The van der Waals surface area contributed by atoms with Crippen molar-refractivity contribution < 1.29 is 39.2 Å². The van der Waals surface area contributed by atoms with Crippen LogP contribution in [0, 0.1) is 6.92 Å². The van der Waals surface area contributed by atoms with Gasteiger partial charge in [-0.1, -0.05) is 42.8 Å². The molecule has 6 aromatic rings. The Morgan fingerprint density at radius 2 is 1.68 bits per heavy atom. The minimum atomic E-state index is -1.13. The van der Waals surface area contributed by atoms with Crippen LogP contribution < -0.4 is 25.2 Å². The Bertz CT molecular complexity index is 2670. The molecule has 10 nitrogen and oxygen atoms in total. The number of halogens is 1. The first kappa shape index (κ1) is 39.1. The molecule has 2 heterocycles. The maximum absolute atomic E-state index is 13.6. The number of carbonyl (C=O) groups excluding carboxylic acids is 2. The van der Waals surface area contributed by atoms with E-state index in [0.717, 1.165) is 17.4 Å². The fraction of sp³-hybridized carbons (Fsp3) is 0.196. The number of ether oxygens (including phenoxy) is 2. The lowest BCUT2D eigenvalue weighted by atomic mass is 9.88. The molecule has 11 heteroatoms. The first-order valence-electron chi connectivity index (χ1n) is 18.6. The number of carboxylic acids is 1. The van der Waals surface area contributed by atoms with E-state index in [1.165, 1.54) is 18.2 Å². The van der Waals surface area contributed by atoms with Crippen molar-refractivity contribution in [2.45, 2.75) is 45.3 Å². The van der Waals surface area contributed by atoms with Gasteiger partial charge in [0.05, 0.1) is 18.2 Å². The maximum Gasteiger partial charge on any atom is 0.336 e. The molecule has 4 N–H and O–H groups in total. The molecule has 0 saturated heterocycles. The van der Waals surface area contributed by atoms with Crippen LogP contribution in [0.2, 0.25) is 5.02 Å². The zero-order valence-electron chi connectivity index (χ0n) is 31.5. The summed E-state index contributed by atoms with van der Waals surface area (Å²) in [5, 5.41) is 37.4. The summed E-state index contributed by atoms with van der Waals surface area (Å²) in [5.74, 6) is 0.177. The standard InChI is InChI=1S/C46H41ClN2O8/c1-26-8-16-35-41(21-26)57-42-24-32(51)14-18-36(42)43(35)39-22-29(11-17-34(39)46(54)55)44(52)48-20-6-4-5-7-31(50)23-37-27(2)49(40-19-15-33(56-3)25-38(37)40)45(53)28-9-12-30(47)13-10-28/h8-19,21-22,24-25,44,48,51-52H,1,4-7,20,23H2,2-3H3,(H,54,55). The van der Waals surface area contributed by atoms with Crippen molar-refractivity contribution in [1.82, 2.24) is 9.88 Å². The smallest absolute Gasteiger partial charge is 0.336 e. The van der Waals surface area contributed by atoms with Crippen molar-refractivity contribution in [2.24, 2.45) is 0 Å². The summed E-state index contributed by atoms with van der Waals surface area (Å²) in [5.41, 5.74) is 4.75. The van der Waals surface area contributed by atoms with Crippen LogP contribution in [0.15, 0.2) is 97.1 Å². The number of carboxylic acid groups (broad SMARTS) is 1. The van der Waals surface area contributed by atoms with E-state index in [-0.39, 0.29) is 29.4 Å². The van der Waals surface area contributed by atoms with Crippen LogP contribution in [-0.4, -0.2) is 51.2 Å². The second kappa shape index (κ2) is 16.5. The number of rotatable bonds is 14. The van der Waals surface area contributed by atoms with Crippen LogP contribution in [0.25, 0.3) is 23.1 Å². The van der Waals surface area contributed by atoms with Crippen LogP contribution in [0.1, 0.15) is 80.6 Å². The van der Waals surface area contributed by atoms with E-state index in [4.69, 9.17) is 21.1 Å². The molecule has 0 amide bonds. The van der Waals surface area contributed by atoms with Crippen molar-refractivity contribution in [3.05, 3.63) is 152 Å². The summed E-state index contributed by atoms with van der Waals surface area (Å²) < 4.78 is 13.2. The average molecular weight is 785 g/mol. The highest BCUT2D eigenvalue weighted by Crippen LogP contribution is 2.39. The van der Waals surface area contributed by atoms with Gasteiger partial charge in [-0.3, -0.25) is 19.5 Å². The van der Waals surface area contributed by atoms with Crippen molar-refractivity contribution in [3.8, 4) is 23.0 Å². The Morgan fingerprint density at radius 3 is 2.44 bits per heavy atom. The molecule has 0 spiro atoms. The van der Waals surface area contributed by atoms with Crippen LogP contribution in [0.3, 0.4) is 0 Å². The number of Topliss-reactive ketones (excluding diaryl/α,β-unsaturated/α-hetero) is 1. The van der Waals surface area contributed by atoms with Gasteiger partial charge in [0.15, 0.2) is 0 Å². The number of hydrogen-bond donors (Lipinski definition) is 4. The van der Waals surface area contributed by atoms with Gasteiger partial charge in [0, 0.05) is 56.9 Å². The Labute approximate surface area is 333 Å². The predicted octanol–water partition coefficient (Wildman–Crippen LogP) is 7.42. The van der Waals surface area contributed by atoms with Crippen molar-refractivity contribution >= 4 is 52.3 Å². The fourth-order valence-electron chi connectivity index (χ4n) is 7.40. The predicted molar refractivity (Wildman–Crippen MR) is 219 cm³/mol. The molecule has 0 fully saturated rings. The first-order valence-corrected chi connectivity index (χ1v) is 18.9. The lowest BCUT2D eigenvalue weighted by molar-refractivity contribution is -0.118. The number of ketones is 1. The third-order valence-corrected chi connectivity index (χ3v) is 10.6. The van der Waals surface area contributed by atoms with Gasteiger partial charge in [0.25, 0.3) is 5.91 Å². The number of aromatic nitrogens is 1. The molecule has 57 heavy (non-hydrogen) atoms. The normalized spacial score (nSPS) is 12.5. The topological polar surface area (TPSA) is 147 Å². The molecule has 7 rings (SSSR count). The van der Waals surface area contributed by atoms with Gasteiger partial charge in [0.1, 0.15) is 35.0 Å². The first-order chi connectivity index (χ1) is 27.4. The van der Waals surface area contributed by atoms with Crippen molar-refractivity contribution in [2.75, 3.05) is 13.7 Å². The number of phenols is 1. The molecule has 1 unspecified atom stereocenters. The molecular weight excluding hydrogens is 744 g/mol. The van der Waals surface area contributed by atoms with Gasteiger partial charge in [0.2, 0.25) is 0 Å². The van der Waals surface area contributed by atoms with Crippen LogP contribution >= 0.6 is 11.6 Å². The number of carbonyl (C=O) groups is 3. The van der Waals surface area contributed by atoms with Gasteiger partial charge in [-0.15, -0.1) is 0 Å². The van der Waals surface area contributed by atoms with Crippen LogP contribution in [0.4, 0.5) is 0 Å². The lowest BCUT2D eigenvalue weighted by Crippen LogP contribution is -2.23. The third-order valence-electron chi connectivity index (χ3n) is 10.3. The van der Waals surface area contributed by atoms with Crippen molar-refractivity contribution in [1.29, 1.82) is 0 Å². The number of fused-ring (bicyclic) bond motifs is 3. The Balaban J connectivity index is 1.01. The summed E-state index contributed by atoms with van der Waals surface area (Å²) >= 11 is 6.06. The highest BCUT2D eigenvalue weighted by Gasteiger charge is 2.26. The number of aromatic hydroxyl groups is 1. The van der Waals surface area contributed by atoms with Crippen molar-refractivity contribution in [3.63, 3.8) is 0 Å². The summed E-state index contributed by atoms with van der Waals surface area (Å²) in [6, 6.07) is 27.0. The average Bonchev–Trinajstić information content (AvgIpc) is 3.46. The second-order valence-electron chi connectivity index (χ2n) is 14.1.